The van der Waals surface area contributed by atoms with E-state index in [4.69, 9.17) is 11.6 Å². The number of hydrogen-bond donors (Lipinski definition) is 0. The first-order valence-corrected chi connectivity index (χ1v) is 8.51. The summed E-state index contributed by atoms with van der Waals surface area (Å²) in [6.07, 6.45) is 10.0. The van der Waals surface area contributed by atoms with Crippen LogP contribution < -0.4 is 0 Å². The summed E-state index contributed by atoms with van der Waals surface area (Å²) in [5.41, 5.74) is 0.680. The maximum absolute atomic E-state index is 12.9. The lowest BCUT2D eigenvalue weighted by atomic mass is 9.83. The third kappa shape index (κ3) is 3.39. The molecule has 1 aromatic heterocycles. The molecule has 1 amide bonds. The number of carbonyl (C=O) groups excluding carboxylic acids is 1. The van der Waals surface area contributed by atoms with Gasteiger partial charge < -0.3 is 4.90 Å². The number of amides is 1. The summed E-state index contributed by atoms with van der Waals surface area (Å²) >= 11 is 5.93. The van der Waals surface area contributed by atoms with Gasteiger partial charge in [-0.3, -0.25) is 4.79 Å². The average molecular weight is 307 g/mol. The topological polar surface area (TPSA) is 33.2 Å². The molecule has 0 aromatic carbocycles. The van der Waals surface area contributed by atoms with Gasteiger partial charge in [0.05, 0.1) is 0 Å². The molecule has 114 valence electrons. The van der Waals surface area contributed by atoms with Gasteiger partial charge in [0.2, 0.25) is 0 Å². The van der Waals surface area contributed by atoms with Crippen molar-refractivity contribution < 1.29 is 4.79 Å². The van der Waals surface area contributed by atoms with E-state index < -0.39 is 0 Å². The van der Waals surface area contributed by atoms with Crippen LogP contribution in [0.2, 0.25) is 5.15 Å². The van der Waals surface area contributed by atoms with Gasteiger partial charge in [-0.1, -0.05) is 24.9 Å². The number of nitrogens with zero attached hydrogens (tertiary/aromatic N) is 2. The molecule has 0 radical (unpaired) electrons. The highest BCUT2D eigenvalue weighted by Gasteiger charge is 2.39. The van der Waals surface area contributed by atoms with Gasteiger partial charge in [0, 0.05) is 23.8 Å². The van der Waals surface area contributed by atoms with Crippen molar-refractivity contribution in [3.05, 3.63) is 29.0 Å². The Hall–Kier alpha value is -1.09. The molecule has 1 aromatic rings. The minimum atomic E-state index is 0.141. The minimum absolute atomic E-state index is 0.141. The van der Waals surface area contributed by atoms with Crippen molar-refractivity contribution >= 4 is 17.5 Å². The van der Waals surface area contributed by atoms with E-state index in [1.807, 2.05) is 0 Å². The first kappa shape index (κ1) is 14.8. The van der Waals surface area contributed by atoms with E-state index in [1.54, 1.807) is 18.3 Å². The standard InChI is InChI=1S/C17H23ClN2O/c1-2-12-3-5-14(6-4-12)20(15-7-8-15)17(21)13-9-10-19-16(18)11-13/h9-12,14-15H,2-8H2,1H3. The van der Waals surface area contributed by atoms with Crippen molar-refractivity contribution in [2.24, 2.45) is 5.92 Å². The second-order valence-electron chi connectivity index (χ2n) is 6.39. The van der Waals surface area contributed by atoms with Crippen LogP contribution in [0.25, 0.3) is 0 Å². The van der Waals surface area contributed by atoms with Crippen LogP contribution in [-0.4, -0.2) is 27.9 Å². The van der Waals surface area contributed by atoms with E-state index in [0.29, 0.717) is 22.8 Å². The molecule has 0 spiro atoms. The Balaban J connectivity index is 1.74. The van der Waals surface area contributed by atoms with Gasteiger partial charge in [0.25, 0.3) is 5.91 Å². The smallest absolute Gasteiger partial charge is 0.254 e. The van der Waals surface area contributed by atoms with E-state index in [9.17, 15) is 4.79 Å². The number of carbonyl (C=O) groups is 1. The molecule has 0 N–H and O–H groups in total. The van der Waals surface area contributed by atoms with Gasteiger partial charge in [-0.25, -0.2) is 4.98 Å². The predicted molar refractivity (Wildman–Crippen MR) is 84.5 cm³/mol. The Labute approximate surface area is 131 Å². The maximum atomic E-state index is 12.9. The zero-order valence-electron chi connectivity index (χ0n) is 12.6. The molecular weight excluding hydrogens is 284 g/mol. The number of halogens is 1. The molecule has 2 fully saturated rings. The molecule has 2 aliphatic rings. The van der Waals surface area contributed by atoms with Gasteiger partial charge in [-0.05, 0) is 56.6 Å². The monoisotopic (exact) mass is 306 g/mol. The number of rotatable bonds is 4. The van der Waals surface area contributed by atoms with Crippen LogP contribution in [0.15, 0.2) is 18.3 Å². The predicted octanol–water partition coefficient (Wildman–Crippen LogP) is 4.31. The first-order chi connectivity index (χ1) is 10.2. The Bertz CT molecular complexity index is 507. The summed E-state index contributed by atoms with van der Waals surface area (Å²) in [4.78, 5) is 19.0. The van der Waals surface area contributed by atoms with E-state index in [1.165, 1.54) is 19.3 Å². The van der Waals surface area contributed by atoms with E-state index in [-0.39, 0.29) is 5.91 Å². The molecule has 0 unspecified atom stereocenters. The maximum Gasteiger partial charge on any atom is 0.254 e. The molecule has 0 bridgehead atoms. The van der Waals surface area contributed by atoms with Crippen molar-refractivity contribution in [1.29, 1.82) is 0 Å². The highest BCUT2D eigenvalue weighted by atomic mass is 35.5. The molecule has 2 saturated carbocycles. The third-order valence-corrected chi connectivity index (χ3v) is 5.14. The zero-order valence-corrected chi connectivity index (χ0v) is 13.4. The summed E-state index contributed by atoms with van der Waals surface area (Å²) in [6.45, 7) is 2.27. The van der Waals surface area contributed by atoms with Crippen LogP contribution in [0.1, 0.15) is 62.2 Å². The Kier molecular flexibility index (Phi) is 4.48. The molecule has 2 aliphatic carbocycles. The lowest BCUT2D eigenvalue weighted by Gasteiger charge is -2.37. The fraction of sp³-hybridized carbons (Fsp3) is 0.647. The third-order valence-electron chi connectivity index (χ3n) is 4.94. The lowest BCUT2D eigenvalue weighted by Crippen LogP contribution is -2.43. The highest BCUT2D eigenvalue weighted by molar-refractivity contribution is 6.29. The molecule has 0 saturated heterocycles. The minimum Gasteiger partial charge on any atom is -0.333 e. The second kappa shape index (κ2) is 6.35. The summed E-state index contributed by atoms with van der Waals surface area (Å²) in [7, 11) is 0. The van der Waals surface area contributed by atoms with Crippen LogP contribution in [0, 0.1) is 5.92 Å². The summed E-state index contributed by atoms with van der Waals surface area (Å²) < 4.78 is 0. The molecule has 0 aliphatic heterocycles. The van der Waals surface area contributed by atoms with E-state index in [0.717, 1.165) is 31.6 Å². The fourth-order valence-corrected chi connectivity index (χ4v) is 3.67. The van der Waals surface area contributed by atoms with Crippen molar-refractivity contribution in [3.8, 4) is 0 Å². The number of pyridine rings is 1. The Morgan fingerprint density at radius 1 is 1.24 bits per heavy atom. The highest BCUT2D eigenvalue weighted by Crippen LogP contribution is 2.37. The van der Waals surface area contributed by atoms with Crippen LogP contribution in [0.5, 0.6) is 0 Å². The zero-order chi connectivity index (χ0) is 14.8. The molecule has 1 heterocycles. The van der Waals surface area contributed by atoms with E-state index in [2.05, 4.69) is 16.8 Å². The van der Waals surface area contributed by atoms with Crippen LogP contribution >= 0.6 is 11.6 Å². The van der Waals surface area contributed by atoms with Crippen molar-refractivity contribution in [2.45, 2.75) is 64.0 Å². The normalized spacial score (nSPS) is 25.6. The van der Waals surface area contributed by atoms with Gasteiger partial charge >= 0.3 is 0 Å². The Morgan fingerprint density at radius 2 is 1.86 bits per heavy atom. The largest absolute Gasteiger partial charge is 0.333 e. The molecule has 21 heavy (non-hydrogen) atoms. The van der Waals surface area contributed by atoms with Gasteiger partial charge in [0.1, 0.15) is 5.15 Å². The van der Waals surface area contributed by atoms with Gasteiger partial charge in [0.15, 0.2) is 0 Å². The van der Waals surface area contributed by atoms with Crippen molar-refractivity contribution in [3.63, 3.8) is 0 Å². The molecule has 0 atom stereocenters. The molecule has 3 nitrogen and oxygen atoms in total. The second-order valence-corrected chi connectivity index (χ2v) is 6.78. The Morgan fingerprint density at radius 3 is 2.38 bits per heavy atom. The van der Waals surface area contributed by atoms with E-state index >= 15 is 0 Å². The molecule has 4 heteroatoms. The summed E-state index contributed by atoms with van der Waals surface area (Å²) in [5, 5.41) is 0.395. The molecular formula is C17H23ClN2O. The summed E-state index contributed by atoms with van der Waals surface area (Å²) in [6, 6.07) is 4.34. The van der Waals surface area contributed by atoms with Gasteiger partial charge in [-0.15, -0.1) is 0 Å². The fourth-order valence-electron chi connectivity index (χ4n) is 3.50. The van der Waals surface area contributed by atoms with Crippen LogP contribution in [0.4, 0.5) is 0 Å². The van der Waals surface area contributed by atoms with Crippen LogP contribution in [-0.2, 0) is 0 Å². The number of hydrogen-bond acceptors (Lipinski definition) is 2. The number of aromatic nitrogens is 1. The van der Waals surface area contributed by atoms with Gasteiger partial charge in [-0.2, -0.15) is 0 Å². The lowest BCUT2D eigenvalue weighted by molar-refractivity contribution is 0.0587. The van der Waals surface area contributed by atoms with Crippen LogP contribution in [0.3, 0.4) is 0 Å². The molecule has 3 rings (SSSR count). The quantitative estimate of drug-likeness (QED) is 0.777. The SMILES string of the molecule is CCC1CCC(N(C(=O)c2ccnc(Cl)c2)C2CC2)CC1. The summed E-state index contributed by atoms with van der Waals surface area (Å²) in [5.74, 6) is 0.995. The van der Waals surface area contributed by atoms with Crippen molar-refractivity contribution in [1.82, 2.24) is 9.88 Å². The first-order valence-electron chi connectivity index (χ1n) is 8.13. The van der Waals surface area contributed by atoms with Crippen molar-refractivity contribution in [2.75, 3.05) is 0 Å². The average Bonchev–Trinajstić information content (AvgIpc) is 3.33.